The highest BCUT2D eigenvalue weighted by Crippen LogP contribution is 2.23. The number of benzene rings is 2. The lowest BCUT2D eigenvalue weighted by Gasteiger charge is -2.19. The largest absolute Gasteiger partial charge is 0.507 e. The van der Waals surface area contributed by atoms with Crippen LogP contribution in [0.15, 0.2) is 47.8 Å². The fraction of sp³-hybridized carbons (Fsp3) is 0.304. The second kappa shape index (κ2) is 10.7. The van der Waals surface area contributed by atoms with Crippen molar-refractivity contribution in [3.05, 3.63) is 69.5 Å². The number of aromatic hydroxyl groups is 1. The molecule has 1 unspecified atom stereocenters. The average Bonchev–Trinajstić information content (AvgIpc) is 2.70. The van der Waals surface area contributed by atoms with Crippen LogP contribution >= 0.6 is 11.6 Å². The Morgan fingerprint density at radius 2 is 1.87 bits per heavy atom. The van der Waals surface area contributed by atoms with E-state index in [1.165, 1.54) is 12.1 Å². The Morgan fingerprint density at radius 1 is 1.16 bits per heavy atom. The highest BCUT2D eigenvalue weighted by molar-refractivity contribution is 6.30. The van der Waals surface area contributed by atoms with Crippen LogP contribution in [0.1, 0.15) is 54.7 Å². The van der Waals surface area contributed by atoms with Gasteiger partial charge in [-0.05, 0) is 74.2 Å². The third-order valence-corrected chi connectivity index (χ3v) is 4.90. The van der Waals surface area contributed by atoms with Gasteiger partial charge in [0, 0.05) is 10.7 Å². The van der Waals surface area contributed by atoms with Crippen LogP contribution < -0.4 is 21.7 Å². The number of nitrogens with one attached hydrogen (secondary N) is 3. The molecule has 2 aromatic rings. The number of carbonyl (C=O) groups excluding carboxylic acids is 2. The highest BCUT2D eigenvalue weighted by Gasteiger charge is 2.17. The maximum Gasteiger partial charge on any atom is 0.255 e. The van der Waals surface area contributed by atoms with Crippen LogP contribution in [0.3, 0.4) is 0 Å². The summed E-state index contributed by atoms with van der Waals surface area (Å²) in [6, 6.07) is 9.87. The molecule has 166 valence electrons. The summed E-state index contributed by atoms with van der Waals surface area (Å²) in [4.78, 5) is 24.9. The molecule has 8 heteroatoms. The molecule has 0 saturated heterocycles. The van der Waals surface area contributed by atoms with Crippen LogP contribution in [0.5, 0.6) is 5.75 Å². The summed E-state index contributed by atoms with van der Waals surface area (Å²) in [6.45, 7) is 7.36. The van der Waals surface area contributed by atoms with E-state index in [4.69, 9.17) is 17.3 Å². The van der Waals surface area contributed by atoms with Crippen LogP contribution in [-0.2, 0) is 4.79 Å². The second-order valence-electron chi connectivity index (χ2n) is 7.54. The van der Waals surface area contributed by atoms with Gasteiger partial charge in [-0.25, -0.2) is 0 Å². The van der Waals surface area contributed by atoms with E-state index in [1.54, 1.807) is 6.07 Å². The van der Waals surface area contributed by atoms with E-state index in [0.717, 1.165) is 16.7 Å². The van der Waals surface area contributed by atoms with Crippen molar-refractivity contribution in [2.24, 2.45) is 5.73 Å². The molecule has 0 aromatic heterocycles. The van der Waals surface area contributed by atoms with Crippen LogP contribution in [0.2, 0.25) is 5.02 Å². The van der Waals surface area contributed by atoms with Crippen molar-refractivity contribution >= 4 is 29.1 Å². The number of phenols is 1. The van der Waals surface area contributed by atoms with Gasteiger partial charge in [0.25, 0.3) is 5.91 Å². The number of amides is 2. The maximum absolute atomic E-state index is 12.5. The van der Waals surface area contributed by atoms with Crippen molar-refractivity contribution in [1.82, 2.24) is 10.6 Å². The fourth-order valence-electron chi connectivity index (χ4n) is 2.96. The van der Waals surface area contributed by atoms with Crippen molar-refractivity contribution in [3.63, 3.8) is 0 Å². The van der Waals surface area contributed by atoms with Crippen molar-refractivity contribution in [2.45, 2.75) is 40.2 Å². The molecule has 0 heterocycles. The first-order valence-corrected chi connectivity index (χ1v) is 10.4. The SMILES string of the molecule is CCC(NC(=O)CNC(=O)c1cc(NC(N)=C(C)C)ccc1O)c1cc(C)cc(Cl)c1. The molecular formula is C23H29ClN4O3. The summed E-state index contributed by atoms with van der Waals surface area (Å²) in [5.41, 5.74) is 9.26. The molecular weight excluding hydrogens is 416 g/mol. The predicted molar refractivity (Wildman–Crippen MR) is 124 cm³/mol. The first-order valence-electron chi connectivity index (χ1n) is 9.98. The molecule has 7 nitrogen and oxygen atoms in total. The van der Waals surface area contributed by atoms with E-state index < -0.39 is 5.91 Å². The molecule has 6 N–H and O–H groups in total. The fourth-order valence-corrected chi connectivity index (χ4v) is 3.26. The Kier molecular flexibility index (Phi) is 8.33. The molecule has 0 aliphatic rings. The van der Waals surface area contributed by atoms with E-state index >= 15 is 0 Å². The van der Waals surface area contributed by atoms with Crippen LogP contribution in [-0.4, -0.2) is 23.5 Å². The maximum atomic E-state index is 12.5. The van der Waals surface area contributed by atoms with Crippen LogP contribution in [0.25, 0.3) is 0 Å². The molecule has 2 amide bonds. The Hall–Kier alpha value is -3.19. The summed E-state index contributed by atoms with van der Waals surface area (Å²) < 4.78 is 0. The molecule has 0 radical (unpaired) electrons. The van der Waals surface area contributed by atoms with Crippen LogP contribution in [0, 0.1) is 6.92 Å². The van der Waals surface area contributed by atoms with Gasteiger partial charge in [0.2, 0.25) is 5.91 Å². The Labute approximate surface area is 187 Å². The van der Waals surface area contributed by atoms with Gasteiger partial charge in [-0.3, -0.25) is 9.59 Å². The highest BCUT2D eigenvalue weighted by atomic mass is 35.5. The molecule has 31 heavy (non-hydrogen) atoms. The van der Waals surface area contributed by atoms with Gasteiger partial charge in [0.15, 0.2) is 0 Å². The van der Waals surface area contributed by atoms with Gasteiger partial charge in [-0.2, -0.15) is 0 Å². The monoisotopic (exact) mass is 444 g/mol. The topological polar surface area (TPSA) is 116 Å². The van der Waals surface area contributed by atoms with Gasteiger partial charge >= 0.3 is 0 Å². The first-order chi connectivity index (χ1) is 14.6. The number of nitrogens with two attached hydrogens (primary N) is 1. The van der Waals surface area contributed by atoms with E-state index in [1.807, 2.05) is 45.9 Å². The van der Waals surface area contributed by atoms with Crippen molar-refractivity contribution in [1.29, 1.82) is 0 Å². The quantitative estimate of drug-likeness (QED) is 0.395. The lowest BCUT2D eigenvalue weighted by atomic mass is 10.0. The predicted octanol–water partition coefficient (Wildman–Crippen LogP) is 3.97. The standard InChI is InChI=1S/C23H29ClN4O3/c1-5-19(15-8-14(4)9-16(24)10-15)28-21(30)12-26-23(31)18-11-17(6-7-20(18)29)27-22(25)13(2)3/h6-11,19,27,29H,5,12,25H2,1-4H3,(H,26,31)(H,28,30). The molecule has 1 atom stereocenters. The third-order valence-electron chi connectivity index (χ3n) is 4.68. The third kappa shape index (κ3) is 6.93. The first kappa shape index (κ1) is 24.1. The van der Waals surface area contributed by atoms with Crippen molar-refractivity contribution in [3.8, 4) is 5.75 Å². The van der Waals surface area contributed by atoms with E-state index in [-0.39, 0.29) is 29.8 Å². The number of hydrogen-bond acceptors (Lipinski definition) is 5. The Morgan fingerprint density at radius 3 is 2.48 bits per heavy atom. The number of anilines is 1. The lowest BCUT2D eigenvalue weighted by Crippen LogP contribution is -2.38. The zero-order chi connectivity index (χ0) is 23.1. The molecule has 2 rings (SSSR count). The molecule has 2 aromatic carbocycles. The minimum absolute atomic E-state index is 0.0388. The normalized spacial score (nSPS) is 11.4. The summed E-state index contributed by atoms with van der Waals surface area (Å²) in [5.74, 6) is -0.655. The minimum atomic E-state index is -0.571. The number of carbonyl (C=O) groups is 2. The molecule has 0 aliphatic carbocycles. The average molecular weight is 445 g/mol. The number of halogens is 1. The zero-order valence-electron chi connectivity index (χ0n) is 18.2. The number of rotatable bonds is 8. The van der Waals surface area contributed by atoms with Crippen molar-refractivity contribution in [2.75, 3.05) is 11.9 Å². The minimum Gasteiger partial charge on any atom is -0.507 e. The summed E-state index contributed by atoms with van der Waals surface area (Å²) >= 11 is 6.13. The molecule has 0 fully saturated rings. The van der Waals surface area contributed by atoms with E-state index in [2.05, 4.69) is 16.0 Å². The van der Waals surface area contributed by atoms with Gasteiger partial charge in [0.1, 0.15) is 5.75 Å². The smallest absolute Gasteiger partial charge is 0.255 e. The van der Waals surface area contributed by atoms with E-state index in [0.29, 0.717) is 23.0 Å². The van der Waals surface area contributed by atoms with E-state index in [9.17, 15) is 14.7 Å². The van der Waals surface area contributed by atoms with Gasteiger partial charge in [-0.15, -0.1) is 0 Å². The molecule has 0 aliphatic heterocycles. The Balaban J connectivity index is 2.03. The lowest BCUT2D eigenvalue weighted by molar-refractivity contribution is -0.120. The van der Waals surface area contributed by atoms with Gasteiger partial charge in [0.05, 0.1) is 24.0 Å². The molecule has 0 saturated carbocycles. The zero-order valence-corrected chi connectivity index (χ0v) is 18.9. The number of hydrogen-bond donors (Lipinski definition) is 5. The van der Waals surface area contributed by atoms with Crippen LogP contribution in [0.4, 0.5) is 5.69 Å². The molecule has 0 spiro atoms. The van der Waals surface area contributed by atoms with Gasteiger partial charge in [-0.1, -0.05) is 24.6 Å². The Bertz CT molecular complexity index is 980. The number of phenolic OH excluding ortho intramolecular Hbond substituents is 1. The number of aryl methyl sites for hydroxylation is 1. The molecule has 0 bridgehead atoms. The summed E-state index contributed by atoms with van der Waals surface area (Å²) in [6.07, 6.45) is 0.666. The second-order valence-corrected chi connectivity index (χ2v) is 7.98. The van der Waals surface area contributed by atoms with Gasteiger partial charge < -0.3 is 26.8 Å². The number of allylic oxidation sites excluding steroid dienone is 1. The summed E-state index contributed by atoms with van der Waals surface area (Å²) in [7, 11) is 0. The van der Waals surface area contributed by atoms with Crippen molar-refractivity contribution < 1.29 is 14.7 Å². The summed E-state index contributed by atoms with van der Waals surface area (Å²) in [5, 5.41) is 19.1.